The first-order valence-corrected chi connectivity index (χ1v) is 10.7. The van der Waals surface area contributed by atoms with Gasteiger partial charge in [-0.25, -0.2) is 0 Å². The highest BCUT2D eigenvalue weighted by atomic mass is 35.5. The molecule has 4 nitrogen and oxygen atoms in total. The van der Waals surface area contributed by atoms with E-state index in [0.717, 1.165) is 28.3 Å². The number of rotatable bonds is 5. The lowest BCUT2D eigenvalue weighted by atomic mass is 10.0. The zero-order chi connectivity index (χ0) is 20.2. The topological polar surface area (TPSA) is 45.0 Å². The van der Waals surface area contributed by atoms with Crippen molar-refractivity contribution in [2.75, 3.05) is 0 Å². The Balaban J connectivity index is 1.61. The van der Waals surface area contributed by atoms with Gasteiger partial charge in [-0.05, 0) is 40.5 Å². The normalized spacial score (nSPS) is 18.4. The van der Waals surface area contributed by atoms with E-state index in [1.807, 2.05) is 49.4 Å². The van der Waals surface area contributed by atoms with Crippen LogP contribution >= 0.6 is 23.4 Å². The highest BCUT2D eigenvalue weighted by molar-refractivity contribution is 8.15. The van der Waals surface area contributed by atoms with Gasteiger partial charge in [0.05, 0.1) is 18.0 Å². The van der Waals surface area contributed by atoms with E-state index in [2.05, 4.69) is 34.5 Å². The molecule has 0 saturated carbocycles. The average molecular weight is 422 g/mol. The maximum atomic E-state index is 12.9. The molecule has 1 aliphatic heterocycles. The van der Waals surface area contributed by atoms with E-state index in [9.17, 15) is 4.79 Å². The van der Waals surface area contributed by atoms with Crippen LogP contribution in [0.15, 0.2) is 76.9 Å². The number of hydrogen-bond donors (Lipinski definition) is 0. The molecule has 0 aromatic heterocycles. The summed E-state index contributed by atoms with van der Waals surface area (Å²) in [6.45, 7) is 2.50. The minimum Gasteiger partial charge on any atom is -0.284 e. The minimum absolute atomic E-state index is 0.0888. The molecule has 1 aliphatic rings. The van der Waals surface area contributed by atoms with Crippen LogP contribution in [0.4, 0.5) is 0 Å². The summed E-state index contributed by atoms with van der Waals surface area (Å²) in [5, 5.41) is 12.1. The molecule has 3 aromatic carbocycles. The summed E-state index contributed by atoms with van der Waals surface area (Å²) in [4.78, 5) is 14.7. The Hall–Kier alpha value is -2.63. The molecule has 1 heterocycles. The number of fused-ring (bicyclic) bond motifs is 1. The van der Waals surface area contributed by atoms with Crippen molar-refractivity contribution in [1.29, 1.82) is 0 Å². The molecule has 1 atom stereocenters. The van der Waals surface area contributed by atoms with Gasteiger partial charge in [-0.15, -0.1) is 5.10 Å². The number of thioether (sulfide) groups is 1. The van der Waals surface area contributed by atoms with E-state index in [1.54, 1.807) is 11.1 Å². The quantitative estimate of drug-likeness (QED) is 0.389. The summed E-state index contributed by atoms with van der Waals surface area (Å²) in [5.74, 6) is 0.0888. The summed E-state index contributed by atoms with van der Waals surface area (Å²) in [7, 11) is 0. The van der Waals surface area contributed by atoms with E-state index in [4.69, 9.17) is 11.6 Å². The van der Waals surface area contributed by atoms with E-state index < -0.39 is 0 Å². The first-order chi connectivity index (χ1) is 14.2. The zero-order valence-corrected chi connectivity index (χ0v) is 17.5. The Bertz CT molecular complexity index is 1090. The number of carbonyl (C=O) groups is 1. The monoisotopic (exact) mass is 421 g/mol. The van der Waals surface area contributed by atoms with Gasteiger partial charge in [0.15, 0.2) is 5.17 Å². The van der Waals surface area contributed by atoms with E-state index in [-0.39, 0.29) is 11.2 Å². The molecule has 1 fully saturated rings. The molecule has 0 N–H and O–H groups in total. The van der Waals surface area contributed by atoms with Crippen LogP contribution in [0, 0.1) is 0 Å². The molecule has 6 heteroatoms. The fourth-order valence-electron chi connectivity index (χ4n) is 3.28. The molecule has 29 heavy (non-hydrogen) atoms. The van der Waals surface area contributed by atoms with Crippen molar-refractivity contribution < 1.29 is 4.79 Å². The lowest BCUT2D eigenvalue weighted by Gasteiger charge is -2.17. The Kier molecular flexibility index (Phi) is 5.97. The van der Waals surface area contributed by atoms with Crippen LogP contribution in [0.25, 0.3) is 10.8 Å². The predicted octanol–water partition coefficient (Wildman–Crippen LogP) is 5.74. The van der Waals surface area contributed by atoms with Gasteiger partial charge in [0.1, 0.15) is 0 Å². The molecule has 0 radical (unpaired) electrons. The maximum absolute atomic E-state index is 12.9. The third kappa shape index (κ3) is 4.36. The standard InChI is InChI=1S/C23H20ClN3OS/c1-2-21-22(28)27(15-18-8-5-7-17-6-3-4-9-20(17)18)23(29-21)26-25-14-16-10-12-19(24)13-11-16/h3-14,21H,2,15H2,1H3. The predicted molar refractivity (Wildman–Crippen MR) is 123 cm³/mol. The van der Waals surface area contributed by atoms with Crippen molar-refractivity contribution >= 4 is 51.4 Å². The van der Waals surface area contributed by atoms with Gasteiger partial charge in [-0.1, -0.05) is 84.9 Å². The maximum Gasteiger partial charge on any atom is 0.242 e. The summed E-state index contributed by atoms with van der Waals surface area (Å²) in [6, 6.07) is 21.8. The van der Waals surface area contributed by atoms with E-state index >= 15 is 0 Å². The van der Waals surface area contributed by atoms with Gasteiger partial charge in [-0.3, -0.25) is 9.69 Å². The second-order valence-electron chi connectivity index (χ2n) is 6.76. The van der Waals surface area contributed by atoms with Gasteiger partial charge >= 0.3 is 0 Å². The number of amidine groups is 1. The first kappa shape index (κ1) is 19.7. The number of carbonyl (C=O) groups excluding carboxylic acids is 1. The molecule has 1 saturated heterocycles. The van der Waals surface area contributed by atoms with Crippen LogP contribution in [0.5, 0.6) is 0 Å². The van der Waals surface area contributed by atoms with Crippen LogP contribution < -0.4 is 0 Å². The summed E-state index contributed by atoms with van der Waals surface area (Å²) in [6.07, 6.45) is 2.43. The highest BCUT2D eigenvalue weighted by Gasteiger charge is 2.37. The third-order valence-corrected chi connectivity index (χ3v) is 6.40. The molecule has 146 valence electrons. The van der Waals surface area contributed by atoms with Crippen molar-refractivity contribution in [1.82, 2.24) is 4.90 Å². The zero-order valence-electron chi connectivity index (χ0n) is 16.0. The number of benzene rings is 3. The van der Waals surface area contributed by atoms with Crippen molar-refractivity contribution in [3.63, 3.8) is 0 Å². The second-order valence-corrected chi connectivity index (χ2v) is 8.36. The Morgan fingerprint density at radius 1 is 1.07 bits per heavy atom. The average Bonchev–Trinajstić information content (AvgIpc) is 3.04. The number of nitrogens with zero attached hydrogens (tertiary/aromatic N) is 3. The van der Waals surface area contributed by atoms with Crippen LogP contribution in [0.1, 0.15) is 24.5 Å². The summed E-state index contributed by atoms with van der Waals surface area (Å²) >= 11 is 7.40. The largest absolute Gasteiger partial charge is 0.284 e. The molecule has 1 amide bonds. The SMILES string of the molecule is CCC1SC(=NN=Cc2ccc(Cl)cc2)N(Cc2cccc3ccccc23)C1=O. The number of amides is 1. The lowest BCUT2D eigenvalue weighted by Crippen LogP contribution is -2.31. The van der Waals surface area contributed by atoms with Crippen LogP contribution in [0.2, 0.25) is 5.02 Å². The van der Waals surface area contributed by atoms with Gasteiger partial charge in [0.25, 0.3) is 0 Å². The van der Waals surface area contributed by atoms with Gasteiger partial charge in [-0.2, -0.15) is 5.10 Å². The molecular weight excluding hydrogens is 402 g/mol. The second kappa shape index (κ2) is 8.80. The number of halogens is 1. The smallest absolute Gasteiger partial charge is 0.242 e. The molecule has 0 bridgehead atoms. The first-order valence-electron chi connectivity index (χ1n) is 9.47. The fourth-order valence-corrected chi connectivity index (χ4v) is 4.44. The lowest BCUT2D eigenvalue weighted by molar-refractivity contribution is -0.126. The minimum atomic E-state index is -0.116. The number of hydrogen-bond acceptors (Lipinski definition) is 4. The molecule has 0 aliphatic carbocycles. The van der Waals surface area contributed by atoms with Crippen LogP contribution in [-0.4, -0.2) is 27.4 Å². The molecule has 4 rings (SSSR count). The molecular formula is C23H20ClN3OS. The summed E-state index contributed by atoms with van der Waals surface area (Å²) < 4.78 is 0. The fraction of sp³-hybridized carbons (Fsp3) is 0.174. The third-order valence-electron chi connectivity index (χ3n) is 4.82. The van der Waals surface area contributed by atoms with Crippen molar-refractivity contribution in [3.05, 3.63) is 82.9 Å². The highest BCUT2D eigenvalue weighted by Crippen LogP contribution is 2.32. The Morgan fingerprint density at radius 3 is 2.62 bits per heavy atom. The van der Waals surface area contributed by atoms with E-state index in [1.165, 1.54) is 11.8 Å². The molecule has 3 aromatic rings. The van der Waals surface area contributed by atoms with Gasteiger partial charge in [0.2, 0.25) is 5.91 Å². The van der Waals surface area contributed by atoms with E-state index in [0.29, 0.717) is 16.7 Å². The molecule has 0 spiro atoms. The Morgan fingerprint density at radius 2 is 1.83 bits per heavy atom. The van der Waals surface area contributed by atoms with Crippen molar-refractivity contribution in [2.45, 2.75) is 25.1 Å². The summed E-state index contributed by atoms with van der Waals surface area (Å²) in [5.41, 5.74) is 2.00. The van der Waals surface area contributed by atoms with Crippen molar-refractivity contribution in [3.8, 4) is 0 Å². The Labute approximate surface area is 179 Å². The molecule has 1 unspecified atom stereocenters. The van der Waals surface area contributed by atoms with Crippen LogP contribution in [0.3, 0.4) is 0 Å². The van der Waals surface area contributed by atoms with Gasteiger partial charge in [0, 0.05) is 5.02 Å². The van der Waals surface area contributed by atoms with Crippen LogP contribution in [-0.2, 0) is 11.3 Å². The van der Waals surface area contributed by atoms with Crippen molar-refractivity contribution in [2.24, 2.45) is 10.2 Å². The van der Waals surface area contributed by atoms with Gasteiger partial charge < -0.3 is 0 Å².